The van der Waals surface area contributed by atoms with Gasteiger partial charge in [0.25, 0.3) is 0 Å². The molecule has 0 spiro atoms. The summed E-state index contributed by atoms with van der Waals surface area (Å²) in [5, 5.41) is 8.88. The van der Waals surface area contributed by atoms with Crippen molar-refractivity contribution in [1.82, 2.24) is 4.57 Å². The molecule has 3 nitrogen and oxygen atoms in total. The third kappa shape index (κ3) is 2.11. The van der Waals surface area contributed by atoms with Crippen molar-refractivity contribution in [2.45, 2.75) is 13.8 Å². The molecule has 1 aromatic heterocycles. The van der Waals surface area contributed by atoms with E-state index in [2.05, 4.69) is 6.07 Å². The van der Waals surface area contributed by atoms with Crippen LogP contribution >= 0.6 is 0 Å². The van der Waals surface area contributed by atoms with Gasteiger partial charge in [-0.3, -0.25) is 4.79 Å². The molecule has 0 atom stereocenters. The van der Waals surface area contributed by atoms with E-state index in [0.29, 0.717) is 5.56 Å². The molecule has 17 heavy (non-hydrogen) atoms. The highest BCUT2D eigenvalue weighted by Crippen LogP contribution is 2.14. The maximum Gasteiger partial charge on any atom is 0.182 e. The summed E-state index contributed by atoms with van der Waals surface area (Å²) in [5.74, 6) is 0. The molecule has 0 aliphatic heterocycles. The minimum absolute atomic E-state index is 0.00712. The Hall–Kier alpha value is -2.34. The molecule has 0 saturated heterocycles. The fraction of sp³-hybridized carbons (Fsp3) is 0.143. The van der Waals surface area contributed by atoms with Crippen molar-refractivity contribution in [3.05, 3.63) is 63.6 Å². The van der Waals surface area contributed by atoms with E-state index in [1.54, 1.807) is 18.2 Å². The molecule has 1 heterocycles. The highest BCUT2D eigenvalue weighted by atomic mass is 16.1. The Labute approximate surface area is 99.6 Å². The molecule has 0 saturated carbocycles. The van der Waals surface area contributed by atoms with Crippen molar-refractivity contribution in [2.75, 3.05) is 0 Å². The molecule has 0 aliphatic rings. The molecule has 0 N–H and O–H groups in total. The fourth-order valence-electron chi connectivity index (χ4n) is 1.98. The summed E-state index contributed by atoms with van der Waals surface area (Å²) in [4.78, 5) is 11.4. The quantitative estimate of drug-likeness (QED) is 0.746. The summed E-state index contributed by atoms with van der Waals surface area (Å²) in [6.45, 7) is 3.76. The number of nitriles is 1. The number of pyridine rings is 1. The third-order valence-corrected chi connectivity index (χ3v) is 2.64. The maximum atomic E-state index is 11.4. The van der Waals surface area contributed by atoms with Crippen LogP contribution < -0.4 is 5.43 Å². The first-order chi connectivity index (χ1) is 8.11. The van der Waals surface area contributed by atoms with Crippen molar-refractivity contribution in [3.63, 3.8) is 0 Å². The molecule has 84 valence electrons. The largest absolute Gasteiger partial charge is 0.318 e. The molecule has 0 bridgehead atoms. The minimum atomic E-state index is 0.00712. The predicted molar refractivity (Wildman–Crippen MR) is 66.2 cm³/mol. The van der Waals surface area contributed by atoms with Crippen molar-refractivity contribution in [2.24, 2.45) is 0 Å². The predicted octanol–water partition coefficient (Wildman–Crippen LogP) is 2.33. The Morgan fingerprint density at radius 3 is 2.35 bits per heavy atom. The Kier molecular flexibility index (Phi) is 2.80. The summed E-state index contributed by atoms with van der Waals surface area (Å²) in [6, 6.07) is 12.6. The average Bonchev–Trinajstić information content (AvgIpc) is 2.28. The van der Waals surface area contributed by atoms with Gasteiger partial charge >= 0.3 is 0 Å². The molecule has 0 amide bonds. The normalized spacial score (nSPS) is 9.94. The summed E-state index contributed by atoms with van der Waals surface area (Å²) >= 11 is 0. The van der Waals surface area contributed by atoms with Gasteiger partial charge < -0.3 is 4.57 Å². The van der Waals surface area contributed by atoms with Gasteiger partial charge in [-0.1, -0.05) is 6.07 Å². The standard InChI is InChI=1S/C14H12N2O/c1-10-6-14(17)7-11(2)16(10)13-5-3-4-12(8-13)9-15/h3-8H,1-2H3. The van der Waals surface area contributed by atoms with Crippen molar-refractivity contribution < 1.29 is 0 Å². The van der Waals surface area contributed by atoms with Crippen LogP contribution in [-0.2, 0) is 0 Å². The van der Waals surface area contributed by atoms with Crippen LogP contribution in [0.1, 0.15) is 17.0 Å². The summed E-state index contributed by atoms with van der Waals surface area (Å²) in [7, 11) is 0. The monoisotopic (exact) mass is 224 g/mol. The van der Waals surface area contributed by atoms with E-state index >= 15 is 0 Å². The van der Waals surface area contributed by atoms with Gasteiger partial charge in [-0.05, 0) is 32.0 Å². The maximum absolute atomic E-state index is 11.4. The van der Waals surface area contributed by atoms with Gasteiger partial charge in [-0.2, -0.15) is 5.26 Å². The molecule has 1 aromatic carbocycles. The number of nitrogens with zero attached hydrogens (tertiary/aromatic N) is 2. The zero-order chi connectivity index (χ0) is 12.4. The third-order valence-electron chi connectivity index (χ3n) is 2.64. The van der Waals surface area contributed by atoms with E-state index < -0.39 is 0 Å². The fourth-order valence-corrected chi connectivity index (χ4v) is 1.98. The second kappa shape index (κ2) is 4.26. The molecule has 0 fully saturated rings. The van der Waals surface area contributed by atoms with Gasteiger partial charge in [0, 0.05) is 29.2 Å². The smallest absolute Gasteiger partial charge is 0.182 e. The van der Waals surface area contributed by atoms with E-state index in [0.717, 1.165) is 17.1 Å². The Balaban J connectivity index is 2.69. The molecular formula is C14H12N2O. The molecule has 2 rings (SSSR count). The number of hydrogen-bond acceptors (Lipinski definition) is 2. The van der Waals surface area contributed by atoms with Crippen LogP contribution in [0, 0.1) is 25.2 Å². The highest BCUT2D eigenvalue weighted by Gasteiger charge is 2.04. The number of aromatic nitrogens is 1. The number of benzene rings is 1. The van der Waals surface area contributed by atoms with Crippen LogP contribution in [0.25, 0.3) is 5.69 Å². The van der Waals surface area contributed by atoms with E-state index in [-0.39, 0.29) is 5.43 Å². The van der Waals surface area contributed by atoms with Crippen LogP contribution in [0.3, 0.4) is 0 Å². The van der Waals surface area contributed by atoms with Gasteiger partial charge in [0.05, 0.1) is 11.6 Å². The zero-order valence-corrected chi connectivity index (χ0v) is 9.77. The van der Waals surface area contributed by atoms with E-state index in [1.165, 1.54) is 0 Å². The van der Waals surface area contributed by atoms with E-state index in [1.807, 2.05) is 36.6 Å². The summed E-state index contributed by atoms with van der Waals surface area (Å²) in [6.07, 6.45) is 0. The Morgan fingerprint density at radius 2 is 1.76 bits per heavy atom. The molecule has 0 unspecified atom stereocenters. The first-order valence-electron chi connectivity index (χ1n) is 5.32. The van der Waals surface area contributed by atoms with Crippen molar-refractivity contribution in [1.29, 1.82) is 5.26 Å². The van der Waals surface area contributed by atoms with Gasteiger partial charge in [0.1, 0.15) is 0 Å². The second-order valence-electron chi connectivity index (χ2n) is 3.97. The Bertz CT molecular complexity index is 636. The van der Waals surface area contributed by atoms with Gasteiger partial charge in [0.15, 0.2) is 5.43 Å². The number of rotatable bonds is 1. The zero-order valence-electron chi connectivity index (χ0n) is 9.77. The van der Waals surface area contributed by atoms with Gasteiger partial charge in [-0.15, -0.1) is 0 Å². The highest BCUT2D eigenvalue weighted by molar-refractivity contribution is 5.43. The summed E-state index contributed by atoms with van der Waals surface area (Å²) in [5.41, 5.74) is 3.25. The summed E-state index contributed by atoms with van der Waals surface area (Å²) < 4.78 is 1.96. The molecule has 2 aromatic rings. The average molecular weight is 224 g/mol. The molecular weight excluding hydrogens is 212 g/mol. The second-order valence-corrected chi connectivity index (χ2v) is 3.97. The van der Waals surface area contributed by atoms with Crippen molar-refractivity contribution >= 4 is 0 Å². The lowest BCUT2D eigenvalue weighted by molar-refractivity contribution is 0.922. The van der Waals surface area contributed by atoms with Gasteiger partial charge in [-0.25, -0.2) is 0 Å². The van der Waals surface area contributed by atoms with Crippen LogP contribution in [0.4, 0.5) is 0 Å². The number of aryl methyl sites for hydroxylation is 2. The Morgan fingerprint density at radius 1 is 1.12 bits per heavy atom. The van der Waals surface area contributed by atoms with Crippen LogP contribution in [0.15, 0.2) is 41.2 Å². The lowest BCUT2D eigenvalue weighted by Crippen LogP contribution is -2.11. The van der Waals surface area contributed by atoms with Crippen molar-refractivity contribution in [3.8, 4) is 11.8 Å². The van der Waals surface area contributed by atoms with Crippen LogP contribution in [-0.4, -0.2) is 4.57 Å². The van der Waals surface area contributed by atoms with Gasteiger partial charge in [0.2, 0.25) is 0 Å². The SMILES string of the molecule is Cc1cc(=O)cc(C)n1-c1cccc(C#N)c1. The first kappa shape index (κ1) is 11.2. The first-order valence-corrected chi connectivity index (χ1v) is 5.32. The molecule has 0 radical (unpaired) electrons. The van der Waals surface area contributed by atoms with Crippen LogP contribution in [0.5, 0.6) is 0 Å². The molecule has 3 heteroatoms. The number of hydrogen-bond donors (Lipinski definition) is 0. The van der Waals surface area contributed by atoms with Crippen LogP contribution in [0.2, 0.25) is 0 Å². The lowest BCUT2D eigenvalue weighted by Gasteiger charge is -2.14. The topological polar surface area (TPSA) is 45.8 Å². The lowest BCUT2D eigenvalue weighted by atomic mass is 10.2. The van der Waals surface area contributed by atoms with E-state index in [9.17, 15) is 4.79 Å². The van der Waals surface area contributed by atoms with E-state index in [4.69, 9.17) is 5.26 Å². The molecule has 0 aliphatic carbocycles. The minimum Gasteiger partial charge on any atom is -0.318 e.